The highest BCUT2D eigenvalue weighted by Crippen LogP contribution is 2.36. The molecule has 3 rings (SSSR count). The summed E-state index contributed by atoms with van der Waals surface area (Å²) in [4.78, 5) is 13.7. The lowest BCUT2D eigenvalue weighted by Gasteiger charge is -2.32. The molecule has 1 atom stereocenters. The van der Waals surface area contributed by atoms with Crippen molar-refractivity contribution in [1.29, 1.82) is 0 Å². The Hall–Kier alpha value is -2.20. The van der Waals surface area contributed by atoms with E-state index in [1.807, 2.05) is 30.3 Å². The molecule has 25 heavy (non-hydrogen) atoms. The number of hydrogen-bond donors (Lipinski definition) is 1. The fraction of sp³-hybridized carbons (Fsp3) is 0.333. The van der Waals surface area contributed by atoms with Gasteiger partial charge in [0.05, 0.1) is 0 Å². The summed E-state index contributed by atoms with van der Waals surface area (Å²) in [5.41, 5.74) is 2.88. The molecule has 0 aromatic heterocycles. The van der Waals surface area contributed by atoms with Crippen molar-refractivity contribution in [3.63, 3.8) is 0 Å². The lowest BCUT2D eigenvalue weighted by Crippen LogP contribution is -2.41. The zero-order chi connectivity index (χ0) is 17.8. The van der Waals surface area contributed by atoms with Gasteiger partial charge in [-0.15, -0.1) is 0 Å². The molecule has 0 spiro atoms. The van der Waals surface area contributed by atoms with Gasteiger partial charge in [0.2, 0.25) is 0 Å². The number of anilines is 1. The van der Waals surface area contributed by atoms with Crippen LogP contribution in [0, 0.1) is 5.92 Å². The molecule has 0 aliphatic heterocycles. The molecule has 3 nitrogen and oxygen atoms in total. The van der Waals surface area contributed by atoms with E-state index < -0.39 is 0 Å². The van der Waals surface area contributed by atoms with Crippen LogP contribution in [0.5, 0.6) is 0 Å². The number of Topliss-reactive ketones (excluding diaryl/α,β-unsaturated/α-hetero) is 1. The molecule has 1 fully saturated rings. The monoisotopic (exact) mass is 352 g/mol. The van der Waals surface area contributed by atoms with E-state index >= 15 is 0 Å². The van der Waals surface area contributed by atoms with Crippen LogP contribution in [0.25, 0.3) is 0 Å². The third-order valence-electron chi connectivity index (χ3n) is 4.80. The predicted octanol–water partition coefficient (Wildman–Crippen LogP) is 4.89. The van der Waals surface area contributed by atoms with E-state index in [2.05, 4.69) is 41.4 Å². The van der Waals surface area contributed by atoms with Crippen molar-refractivity contribution in [3.05, 3.63) is 65.7 Å². The quantitative estimate of drug-likeness (QED) is 0.593. The minimum Gasteiger partial charge on any atom is -0.342 e. The maximum absolute atomic E-state index is 11.4. The zero-order valence-electron chi connectivity index (χ0n) is 14.7. The van der Waals surface area contributed by atoms with Crippen LogP contribution in [0.2, 0.25) is 0 Å². The van der Waals surface area contributed by atoms with Crippen LogP contribution in [-0.4, -0.2) is 21.8 Å². The Morgan fingerprint density at radius 3 is 2.36 bits per heavy atom. The molecule has 4 heteroatoms. The summed E-state index contributed by atoms with van der Waals surface area (Å²) in [5.74, 6) is 0.797. The van der Waals surface area contributed by atoms with Gasteiger partial charge in [0.1, 0.15) is 0 Å². The van der Waals surface area contributed by atoms with Crippen molar-refractivity contribution in [1.82, 2.24) is 4.90 Å². The van der Waals surface area contributed by atoms with Crippen LogP contribution in [0.1, 0.15) is 42.6 Å². The maximum Gasteiger partial charge on any atom is 0.173 e. The van der Waals surface area contributed by atoms with Gasteiger partial charge in [-0.05, 0) is 74.7 Å². The molecule has 2 aromatic rings. The van der Waals surface area contributed by atoms with Gasteiger partial charge >= 0.3 is 0 Å². The lowest BCUT2D eigenvalue weighted by atomic mass is 10.1. The number of nitrogens with zero attached hydrogens (tertiary/aromatic N) is 1. The molecule has 0 amide bonds. The Bertz CT molecular complexity index is 738. The van der Waals surface area contributed by atoms with Gasteiger partial charge in [-0.3, -0.25) is 4.79 Å². The first-order chi connectivity index (χ1) is 12.0. The summed E-state index contributed by atoms with van der Waals surface area (Å²) in [7, 11) is 0. The number of thiocarbonyl (C=S) groups is 1. The second kappa shape index (κ2) is 7.79. The van der Waals surface area contributed by atoms with Crippen molar-refractivity contribution in [2.45, 2.75) is 39.3 Å². The molecule has 130 valence electrons. The number of ketones is 1. The zero-order valence-corrected chi connectivity index (χ0v) is 15.6. The van der Waals surface area contributed by atoms with Gasteiger partial charge in [0, 0.05) is 23.8 Å². The molecule has 2 aromatic carbocycles. The second-order valence-corrected chi connectivity index (χ2v) is 7.14. The number of carbonyl (C=O) groups excluding carboxylic acids is 1. The van der Waals surface area contributed by atoms with E-state index in [1.165, 1.54) is 18.4 Å². The fourth-order valence-electron chi connectivity index (χ4n) is 3.00. The standard InChI is InChI=1S/C21H24N2OS/c1-15(18-8-9-18)23(14-17-6-4-3-5-7-17)21(25)22-20-12-10-19(11-13-20)16(2)24/h3-7,10-13,15,18H,8-9,14H2,1-2H3,(H,22,25)/t15-/m1/s1. The third-order valence-corrected chi connectivity index (χ3v) is 5.13. The molecule has 1 saturated carbocycles. The van der Waals surface area contributed by atoms with E-state index in [9.17, 15) is 4.79 Å². The first kappa shape index (κ1) is 17.6. The molecule has 1 aliphatic rings. The average molecular weight is 353 g/mol. The van der Waals surface area contributed by atoms with Crippen LogP contribution in [0.4, 0.5) is 5.69 Å². The van der Waals surface area contributed by atoms with Crippen molar-refractivity contribution >= 4 is 28.8 Å². The minimum absolute atomic E-state index is 0.0715. The third kappa shape index (κ3) is 4.67. The van der Waals surface area contributed by atoms with E-state index in [1.54, 1.807) is 6.92 Å². The summed E-state index contributed by atoms with van der Waals surface area (Å²) >= 11 is 5.71. The van der Waals surface area contributed by atoms with E-state index in [4.69, 9.17) is 12.2 Å². The van der Waals surface area contributed by atoms with Crippen LogP contribution in [-0.2, 0) is 6.54 Å². The highest BCUT2D eigenvalue weighted by Gasteiger charge is 2.33. The van der Waals surface area contributed by atoms with E-state index in [0.717, 1.165) is 23.3 Å². The van der Waals surface area contributed by atoms with E-state index in [0.29, 0.717) is 11.6 Å². The van der Waals surface area contributed by atoms with Gasteiger partial charge in [-0.25, -0.2) is 0 Å². The summed E-state index contributed by atoms with van der Waals surface area (Å²) < 4.78 is 0. The Morgan fingerprint density at radius 2 is 1.80 bits per heavy atom. The SMILES string of the molecule is CC(=O)c1ccc(NC(=S)N(Cc2ccccc2)[C@H](C)C2CC2)cc1. The summed E-state index contributed by atoms with van der Waals surface area (Å²) in [6, 6.07) is 18.3. The van der Waals surface area contributed by atoms with Gasteiger partial charge in [0.25, 0.3) is 0 Å². The number of nitrogens with one attached hydrogen (secondary N) is 1. The molecular weight excluding hydrogens is 328 g/mol. The van der Waals surface area contributed by atoms with Crippen LogP contribution >= 0.6 is 12.2 Å². The molecular formula is C21H24N2OS. The Morgan fingerprint density at radius 1 is 1.16 bits per heavy atom. The highest BCUT2D eigenvalue weighted by molar-refractivity contribution is 7.80. The largest absolute Gasteiger partial charge is 0.342 e. The summed E-state index contributed by atoms with van der Waals surface area (Å²) in [6.07, 6.45) is 2.56. The lowest BCUT2D eigenvalue weighted by molar-refractivity contribution is 0.101. The van der Waals surface area contributed by atoms with Gasteiger partial charge in [-0.2, -0.15) is 0 Å². The number of rotatable bonds is 6. The first-order valence-electron chi connectivity index (χ1n) is 8.77. The van der Waals surface area contributed by atoms with Gasteiger partial charge in [0.15, 0.2) is 10.9 Å². The Balaban J connectivity index is 1.73. The van der Waals surface area contributed by atoms with Crippen molar-refractivity contribution in [2.24, 2.45) is 5.92 Å². The fourth-order valence-corrected chi connectivity index (χ4v) is 3.35. The van der Waals surface area contributed by atoms with E-state index in [-0.39, 0.29) is 5.78 Å². The summed E-state index contributed by atoms with van der Waals surface area (Å²) in [6.45, 7) is 4.63. The van der Waals surface area contributed by atoms with Crippen LogP contribution in [0.3, 0.4) is 0 Å². The minimum atomic E-state index is 0.0715. The number of benzene rings is 2. The van der Waals surface area contributed by atoms with Crippen molar-refractivity contribution in [3.8, 4) is 0 Å². The molecule has 0 heterocycles. The second-order valence-electron chi connectivity index (χ2n) is 6.76. The predicted molar refractivity (Wildman–Crippen MR) is 107 cm³/mol. The normalized spacial score (nSPS) is 14.6. The van der Waals surface area contributed by atoms with Crippen molar-refractivity contribution in [2.75, 3.05) is 5.32 Å². The summed E-state index contributed by atoms with van der Waals surface area (Å²) in [5, 5.41) is 4.07. The van der Waals surface area contributed by atoms with Crippen LogP contribution in [0.15, 0.2) is 54.6 Å². The average Bonchev–Trinajstić information content (AvgIpc) is 3.45. The molecule has 0 radical (unpaired) electrons. The van der Waals surface area contributed by atoms with Crippen LogP contribution < -0.4 is 5.32 Å². The first-order valence-corrected chi connectivity index (χ1v) is 9.18. The van der Waals surface area contributed by atoms with Gasteiger partial charge in [-0.1, -0.05) is 30.3 Å². The Kier molecular flexibility index (Phi) is 5.49. The maximum atomic E-state index is 11.4. The van der Waals surface area contributed by atoms with Gasteiger partial charge < -0.3 is 10.2 Å². The topological polar surface area (TPSA) is 32.3 Å². The number of hydrogen-bond acceptors (Lipinski definition) is 2. The smallest absolute Gasteiger partial charge is 0.173 e. The molecule has 0 unspecified atom stereocenters. The molecule has 0 bridgehead atoms. The Labute approximate surface area is 155 Å². The van der Waals surface area contributed by atoms with Crippen molar-refractivity contribution < 1.29 is 4.79 Å². The highest BCUT2D eigenvalue weighted by atomic mass is 32.1. The molecule has 1 N–H and O–H groups in total. The molecule has 0 saturated heterocycles. The molecule has 1 aliphatic carbocycles. The number of carbonyl (C=O) groups is 1.